The monoisotopic (exact) mass is 170 g/mol. The van der Waals surface area contributed by atoms with E-state index in [4.69, 9.17) is 4.42 Å². The van der Waals surface area contributed by atoms with Gasteiger partial charge in [0.25, 0.3) is 0 Å². The number of rotatable bonds is 0. The molecule has 62 valence electrons. The van der Waals surface area contributed by atoms with Crippen LogP contribution in [-0.4, -0.2) is 10.2 Å². The van der Waals surface area contributed by atoms with Crippen LogP contribution in [0.3, 0.4) is 0 Å². The van der Waals surface area contributed by atoms with E-state index in [1.165, 1.54) is 0 Å². The van der Waals surface area contributed by atoms with E-state index in [1.807, 2.05) is 24.3 Å². The fourth-order valence-corrected chi connectivity index (χ4v) is 1.47. The van der Waals surface area contributed by atoms with Gasteiger partial charge in [0.1, 0.15) is 18.0 Å². The first-order valence-electron chi connectivity index (χ1n) is 4.02. The lowest BCUT2D eigenvalue weighted by molar-refractivity contribution is 0.571. The van der Waals surface area contributed by atoms with Crippen molar-refractivity contribution in [3.05, 3.63) is 36.8 Å². The summed E-state index contributed by atoms with van der Waals surface area (Å²) in [6, 6.07) is 7.88. The van der Waals surface area contributed by atoms with E-state index in [1.54, 1.807) is 12.5 Å². The highest BCUT2D eigenvalue weighted by Gasteiger charge is 2.02. The summed E-state index contributed by atoms with van der Waals surface area (Å²) in [4.78, 5) is 0. The molecule has 0 aliphatic rings. The van der Waals surface area contributed by atoms with Crippen LogP contribution >= 0.6 is 0 Å². The van der Waals surface area contributed by atoms with Crippen LogP contribution in [0.5, 0.6) is 0 Å². The zero-order valence-corrected chi connectivity index (χ0v) is 6.77. The molecule has 13 heavy (non-hydrogen) atoms. The Bertz CT molecular complexity index is 571. The Morgan fingerprint density at radius 2 is 1.69 bits per heavy atom. The third kappa shape index (κ3) is 0.839. The van der Waals surface area contributed by atoms with Crippen molar-refractivity contribution in [1.29, 1.82) is 0 Å². The largest absolute Gasteiger partial charge is 0.470 e. The third-order valence-electron chi connectivity index (χ3n) is 2.10. The predicted octanol–water partition coefficient (Wildman–Crippen LogP) is 2.38. The molecule has 3 aromatic rings. The van der Waals surface area contributed by atoms with Crippen LogP contribution in [0.1, 0.15) is 0 Å². The van der Waals surface area contributed by atoms with Gasteiger partial charge in [0.15, 0.2) is 0 Å². The zero-order chi connectivity index (χ0) is 8.67. The lowest BCUT2D eigenvalue weighted by Crippen LogP contribution is -1.83. The van der Waals surface area contributed by atoms with E-state index in [-0.39, 0.29) is 0 Å². The average molecular weight is 170 g/mol. The van der Waals surface area contributed by atoms with E-state index in [2.05, 4.69) is 10.2 Å². The molecule has 0 bridgehead atoms. The normalized spacial score (nSPS) is 11.1. The number of hydrogen-bond acceptors (Lipinski definition) is 3. The van der Waals surface area contributed by atoms with Gasteiger partial charge in [-0.05, 0) is 6.07 Å². The Kier molecular flexibility index (Phi) is 1.16. The maximum atomic E-state index is 5.07. The van der Waals surface area contributed by atoms with Gasteiger partial charge in [0, 0.05) is 10.8 Å². The maximum absolute atomic E-state index is 5.07. The van der Waals surface area contributed by atoms with Crippen molar-refractivity contribution < 1.29 is 4.42 Å². The summed E-state index contributed by atoms with van der Waals surface area (Å²) in [5.74, 6) is 0. The van der Waals surface area contributed by atoms with Gasteiger partial charge in [0.2, 0.25) is 0 Å². The molecule has 0 spiro atoms. The molecule has 0 fully saturated rings. The summed E-state index contributed by atoms with van der Waals surface area (Å²) in [6.45, 7) is 0. The second-order valence-electron chi connectivity index (χ2n) is 2.89. The van der Waals surface area contributed by atoms with Gasteiger partial charge in [-0.15, -0.1) is 10.2 Å². The number of hydrogen-bond donors (Lipinski definition) is 0. The Morgan fingerprint density at radius 1 is 0.846 bits per heavy atom. The first kappa shape index (κ1) is 6.60. The van der Waals surface area contributed by atoms with Crippen molar-refractivity contribution in [2.75, 3.05) is 0 Å². The molecule has 0 saturated heterocycles. The van der Waals surface area contributed by atoms with Crippen LogP contribution in [0, 0.1) is 0 Å². The van der Waals surface area contributed by atoms with Crippen molar-refractivity contribution in [1.82, 2.24) is 10.2 Å². The number of furan rings is 1. The molecule has 0 aliphatic carbocycles. The van der Waals surface area contributed by atoms with Crippen LogP contribution in [0.25, 0.3) is 21.8 Å². The number of fused-ring (bicyclic) bond motifs is 3. The first-order valence-corrected chi connectivity index (χ1v) is 4.02. The molecule has 2 heterocycles. The topological polar surface area (TPSA) is 38.9 Å². The second-order valence-corrected chi connectivity index (χ2v) is 2.89. The molecule has 2 aromatic heterocycles. The Balaban J connectivity index is 2.65. The van der Waals surface area contributed by atoms with Crippen LogP contribution in [0.2, 0.25) is 0 Å². The minimum absolute atomic E-state index is 0.804. The molecule has 0 atom stereocenters. The second kappa shape index (κ2) is 2.29. The molecule has 0 saturated carbocycles. The molecule has 0 N–H and O–H groups in total. The quantitative estimate of drug-likeness (QED) is 0.520. The third-order valence-corrected chi connectivity index (χ3v) is 2.10. The van der Waals surface area contributed by atoms with Gasteiger partial charge in [-0.25, -0.2) is 0 Å². The van der Waals surface area contributed by atoms with Gasteiger partial charge >= 0.3 is 0 Å². The van der Waals surface area contributed by atoms with Crippen LogP contribution in [-0.2, 0) is 0 Å². The van der Waals surface area contributed by atoms with Crippen molar-refractivity contribution in [3.63, 3.8) is 0 Å². The maximum Gasteiger partial charge on any atom is 0.132 e. The summed E-state index contributed by atoms with van der Waals surface area (Å²) in [6.07, 6.45) is 3.31. The number of aromatic nitrogens is 2. The number of benzene rings is 1. The van der Waals surface area contributed by atoms with Gasteiger partial charge in [0.05, 0.1) is 5.52 Å². The number of nitrogens with zero attached hydrogens (tertiary/aromatic N) is 2. The Hall–Kier alpha value is -1.90. The highest BCUT2D eigenvalue weighted by atomic mass is 16.3. The SMILES string of the molecule is c1ccc2c(c1)nnc1cocc12. The van der Waals surface area contributed by atoms with E-state index in [0.717, 1.165) is 21.8 Å². The molecular weight excluding hydrogens is 164 g/mol. The molecule has 3 rings (SSSR count). The molecule has 3 nitrogen and oxygen atoms in total. The highest BCUT2D eigenvalue weighted by Crippen LogP contribution is 2.21. The standard InChI is InChI=1S/C10H6N2O/c1-2-4-9-7(3-1)8-5-13-6-10(8)12-11-9/h1-6H. The van der Waals surface area contributed by atoms with Gasteiger partial charge in [-0.1, -0.05) is 18.2 Å². The van der Waals surface area contributed by atoms with Crippen LogP contribution in [0.4, 0.5) is 0 Å². The smallest absolute Gasteiger partial charge is 0.132 e. The molecular formula is C10H6N2O. The zero-order valence-electron chi connectivity index (χ0n) is 6.77. The van der Waals surface area contributed by atoms with Crippen molar-refractivity contribution in [2.24, 2.45) is 0 Å². The average Bonchev–Trinajstić information content (AvgIpc) is 2.65. The fraction of sp³-hybridized carbons (Fsp3) is 0. The van der Waals surface area contributed by atoms with Crippen LogP contribution in [0.15, 0.2) is 41.2 Å². The van der Waals surface area contributed by atoms with E-state index < -0.39 is 0 Å². The Morgan fingerprint density at radius 3 is 2.69 bits per heavy atom. The minimum atomic E-state index is 0.804. The summed E-state index contributed by atoms with van der Waals surface area (Å²) < 4.78 is 5.07. The van der Waals surface area contributed by atoms with E-state index in [0.29, 0.717) is 0 Å². The van der Waals surface area contributed by atoms with E-state index >= 15 is 0 Å². The summed E-state index contributed by atoms with van der Waals surface area (Å²) in [5.41, 5.74) is 1.70. The van der Waals surface area contributed by atoms with E-state index in [9.17, 15) is 0 Å². The lowest BCUT2D eigenvalue weighted by Gasteiger charge is -1.94. The fourth-order valence-electron chi connectivity index (χ4n) is 1.47. The summed E-state index contributed by atoms with van der Waals surface area (Å²) in [5, 5.41) is 10.2. The Labute approximate surface area is 74.0 Å². The molecule has 0 radical (unpaired) electrons. The lowest BCUT2D eigenvalue weighted by atomic mass is 10.2. The molecule has 0 aliphatic heterocycles. The molecule has 0 unspecified atom stereocenters. The van der Waals surface area contributed by atoms with Gasteiger partial charge < -0.3 is 4.42 Å². The minimum Gasteiger partial charge on any atom is -0.470 e. The van der Waals surface area contributed by atoms with Crippen molar-refractivity contribution in [3.8, 4) is 0 Å². The summed E-state index contributed by atoms with van der Waals surface area (Å²) in [7, 11) is 0. The first-order chi connectivity index (χ1) is 6.45. The molecule has 3 heteroatoms. The van der Waals surface area contributed by atoms with Gasteiger partial charge in [-0.2, -0.15) is 0 Å². The van der Waals surface area contributed by atoms with Gasteiger partial charge in [-0.3, -0.25) is 0 Å². The predicted molar refractivity (Wildman–Crippen MR) is 49.3 cm³/mol. The van der Waals surface area contributed by atoms with Crippen molar-refractivity contribution in [2.45, 2.75) is 0 Å². The molecule has 0 amide bonds. The van der Waals surface area contributed by atoms with Crippen molar-refractivity contribution >= 4 is 21.8 Å². The highest BCUT2D eigenvalue weighted by molar-refractivity contribution is 6.02. The summed E-state index contributed by atoms with van der Waals surface area (Å²) >= 11 is 0. The molecule has 1 aromatic carbocycles. The van der Waals surface area contributed by atoms with Crippen LogP contribution < -0.4 is 0 Å².